The Kier molecular flexibility index (Phi) is 48.9. The number of rotatable bonds is 64. The van der Waals surface area contributed by atoms with Gasteiger partial charge in [-0.05, 0) is 146 Å². The number of carbonyl (C=O) groups is 21. The molecular weight excluding hydrogens is 1710 g/mol. The summed E-state index contributed by atoms with van der Waals surface area (Å²) in [6.45, 7) is 7.83. The van der Waals surface area contributed by atoms with E-state index in [1.165, 1.54) is 6.20 Å². The third-order valence-corrected chi connectivity index (χ3v) is 21.1. The average molecular weight is 1840 g/mol. The molecule has 0 unspecified atom stereocenters. The third-order valence-electron chi connectivity index (χ3n) is 21.1. The van der Waals surface area contributed by atoms with Crippen LogP contribution in [0.3, 0.4) is 0 Å². The molecule has 19 amide bonds. The van der Waals surface area contributed by atoms with Crippen LogP contribution in [0.2, 0.25) is 0 Å². The number of aliphatic hydroxyl groups excluding tert-OH is 1. The fourth-order valence-electron chi connectivity index (χ4n) is 13.8. The van der Waals surface area contributed by atoms with Crippen LogP contribution in [0.4, 0.5) is 0 Å². The first-order valence-electron chi connectivity index (χ1n) is 42.9. The zero-order valence-electron chi connectivity index (χ0n) is 73.5. The molecule has 1 aromatic carbocycles. The monoisotopic (exact) mass is 1840 g/mol. The molecule has 1 aliphatic rings. The van der Waals surface area contributed by atoms with Crippen LogP contribution in [0, 0.1) is 11.8 Å². The number of carboxylic acid groups (broad SMARTS) is 2. The molecule has 0 bridgehead atoms. The van der Waals surface area contributed by atoms with E-state index in [1.54, 1.807) is 58.2 Å². The van der Waals surface area contributed by atoms with E-state index >= 15 is 0 Å². The molecule has 1 saturated heterocycles. The molecule has 17 atom stereocenters. The second kappa shape index (κ2) is 57.1. The first-order valence-corrected chi connectivity index (χ1v) is 42.9. The maximum absolute atomic E-state index is 14.8. The lowest BCUT2D eigenvalue weighted by atomic mass is 9.98. The van der Waals surface area contributed by atoms with Gasteiger partial charge in [0.25, 0.3) is 0 Å². The molecule has 1 radical (unpaired) electrons. The number of H-pyrrole nitrogens is 1. The van der Waals surface area contributed by atoms with E-state index in [2.05, 4.69) is 74.1 Å². The summed E-state index contributed by atoms with van der Waals surface area (Å²) >= 11 is 0. The summed E-state index contributed by atoms with van der Waals surface area (Å²) in [5.74, 6) is -25.4. The van der Waals surface area contributed by atoms with Crippen LogP contribution in [0.1, 0.15) is 188 Å². The third kappa shape index (κ3) is 39.4. The number of amides is 19. The summed E-state index contributed by atoms with van der Waals surface area (Å²) in [6.07, 6.45) is -5.54. The molecule has 35 N–H and O–H groups in total. The Bertz CT molecular complexity index is 4280. The van der Waals surface area contributed by atoms with E-state index in [0.717, 1.165) is 11.8 Å². The van der Waals surface area contributed by atoms with Gasteiger partial charge in [0.1, 0.15) is 78.5 Å². The predicted octanol–water partition coefficient (Wildman–Crippen LogP) is -9.20. The van der Waals surface area contributed by atoms with Gasteiger partial charge in [-0.25, -0.2) is 0 Å². The summed E-state index contributed by atoms with van der Waals surface area (Å²) in [6, 6.07) is -19.0. The number of aliphatic carboxylic acids is 2. The number of hydrogen-bond donors (Lipinski definition) is 26. The van der Waals surface area contributed by atoms with Crippen molar-refractivity contribution in [2.75, 3.05) is 26.2 Å². The number of unbranched alkanes of at least 4 members (excludes halogenated alkanes) is 3. The minimum absolute atomic E-state index is 0.0372. The standard InChI is InChI=1S/C81H129N24O25/c1-6-41(4)66(90)79(128)101-54(34-61(87)110)76(125)95-49(22-25-59(85)108)69(118)94-50(23-26-60(86)109)70(119)98-52(32-40(2)3)74(123)103-57(36-63(89)112)81(130)105-31-15-21-58(105)78(127)97-48(20-11-14-30-84)72(121)104-67(42(5)107)80(129)102-55(35-62(88)111)77(126)93-47(19-10-13-29-83)68(117)99-53(33-43-38-91-46-18-8-7-17-45(43)46)75(124)96-51(24-27-64(113)114)71(120)100-56(37-65(115)116)73(122)92-44(39-106)16-9-12-28-82/h7-8,17-18,38,40-42,44,47-58,66-67,91,107H,6,9-16,19-37,82-84,90H2,1-5H3,(H2,85,108)(H2,86,109)(H2,87,110)(H2,88,111)(H2,89,112)(H,92,122)(H,93,126)(H,94,118)(H,95,125)(H,96,124)(H,97,127)(H,98,119)(H,99,117)(H,100,120)(H,101,128)(H,102,129)(H,103,123)(H,104,121)(H,113,114)(H,115,116)/t41-,42+,44-,47-,48-,49-,50-,51-,52-,53-,54-,55-,56-,57-,58-,66-,67-/m0/s1. The van der Waals surface area contributed by atoms with E-state index in [9.17, 15) is 121 Å². The number of likely N-dealkylation sites (tertiary alicyclic amines) is 1. The molecule has 1 aromatic heterocycles. The molecule has 0 saturated carbocycles. The number of carbonyl (C=O) groups excluding carboxylic acids is 20. The minimum atomic E-state index is -2.06. The molecule has 723 valence electrons. The van der Waals surface area contributed by atoms with Gasteiger partial charge in [0, 0.05) is 49.3 Å². The molecule has 2 aromatic rings. The number of nitrogens with one attached hydrogen (secondary N) is 14. The zero-order chi connectivity index (χ0) is 97.8. The van der Waals surface area contributed by atoms with Crippen LogP contribution >= 0.6 is 0 Å². The Labute approximate surface area is 749 Å². The largest absolute Gasteiger partial charge is 0.481 e. The molecule has 2 heterocycles. The van der Waals surface area contributed by atoms with Gasteiger partial charge >= 0.3 is 11.9 Å². The molecule has 49 nitrogen and oxygen atoms in total. The van der Waals surface area contributed by atoms with Crippen LogP contribution in [0.5, 0.6) is 0 Å². The number of aromatic amines is 1. The number of para-hydroxylation sites is 1. The number of primary amides is 5. The number of nitrogens with two attached hydrogens (primary N) is 9. The van der Waals surface area contributed by atoms with Crippen LogP contribution in [-0.2, 0) is 112 Å². The zero-order valence-corrected chi connectivity index (χ0v) is 73.5. The number of benzene rings is 1. The number of nitrogens with zero attached hydrogens (tertiary/aromatic N) is 1. The van der Waals surface area contributed by atoms with E-state index in [4.69, 9.17) is 51.6 Å². The van der Waals surface area contributed by atoms with Crippen molar-refractivity contribution in [1.82, 2.24) is 79.0 Å². The Morgan fingerprint density at radius 1 is 0.446 bits per heavy atom. The van der Waals surface area contributed by atoms with Gasteiger partial charge in [-0.2, -0.15) is 0 Å². The number of hydrogen-bond acceptors (Lipinski definition) is 27. The van der Waals surface area contributed by atoms with Crippen molar-refractivity contribution in [1.29, 1.82) is 0 Å². The van der Waals surface area contributed by atoms with Gasteiger partial charge in [-0.15, -0.1) is 0 Å². The molecule has 49 heteroatoms. The molecule has 1 fully saturated rings. The lowest BCUT2D eigenvalue weighted by Crippen LogP contribution is -2.62. The van der Waals surface area contributed by atoms with Crippen molar-refractivity contribution < 1.29 is 121 Å². The van der Waals surface area contributed by atoms with Gasteiger partial charge in [0.2, 0.25) is 119 Å². The van der Waals surface area contributed by atoms with E-state index < -0.39 is 303 Å². The highest BCUT2D eigenvalue weighted by molar-refractivity contribution is 6.03. The van der Waals surface area contributed by atoms with Gasteiger partial charge in [-0.3, -0.25) is 105 Å². The molecule has 0 spiro atoms. The Hall–Kier alpha value is -12.9. The maximum atomic E-state index is 14.8. The lowest BCUT2D eigenvalue weighted by Gasteiger charge is -2.31. The second-order valence-electron chi connectivity index (χ2n) is 32.3. The van der Waals surface area contributed by atoms with Crippen molar-refractivity contribution in [2.45, 2.75) is 285 Å². The SMILES string of the molecule is CC[C@H](C)[C@H](N)C(=O)N[C@@H](CC(N)=O)C(=O)N[C@@H](CCC(N)=O)C(=O)N[C@@H](CCC(N)=O)C(=O)N[C@@H](CC(C)C)C(=O)N[C@@H](CC(N)=O)C(=O)N1CCC[C@H]1C(=O)N[C@@H](CCCCN)C(=O)N[C@H](C(=O)N[C@@H](CC(N)=O)C(=O)N[C@@H](CCCCN)C(=O)N[C@@H](Cc1c[nH]c2ccccc12)C(=O)N[C@@H](CCC(=O)O)C(=O)N[C@@H](CC(=O)O)C(=O)N[C@H]([C]=O)CCCCN)[C@@H](C)O. The van der Waals surface area contributed by atoms with Crippen molar-refractivity contribution in [3.8, 4) is 0 Å². The predicted molar refractivity (Wildman–Crippen MR) is 462 cm³/mol. The Morgan fingerprint density at radius 2 is 0.838 bits per heavy atom. The topological polar surface area (TPSA) is 846 Å². The highest BCUT2D eigenvalue weighted by Gasteiger charge is 2.43. The van der Waals surface area contributed by atoms with Gasteiger partial charge in [0.05, 0.1) is 43.9 Å². The Balaban J connectivity index is 1.99. The number of carboxylic acids is 2. The quantitative estimate of drug-likeness (QED) is 0.0274. The second-order valence-corrected chi connectivity index (χ2v) is 32.3. The number of aliphatic hydroxyl groups is 1. The van der Waals surface area contributed by atoms with Gasteiger partial charge < -0.3 is 146 Å². The van der Waals surface area contributed by atoms with Crippen molar-refractivity contribution in [3.63, 3.8) is 0 Å². The summed E-state index contributed by atoms with van der Waals surface area (Å²) < 4.78 is 0. The van der Waals surface area contributed by atoms with Crippen LogP contribution < -0.4 is 121 Å². The molecule has 3 rings (SSSR count). The Morgan fingerprint density at radius 3 is 1.30 bits per heavy atom. The van der Waals surface area contributed by atoms with Crippen LogP contribution in [0.15, 0.2) is 30.5 Å². The van der Waals surface area contributed by atoms with E-state index in [-0.39, 0.29) is 90.4 Å². The number of aromatic nitrogens is 1. The first kappa shape index (κ1) is 111. The highest BCUT2D eigenvalue weighted by atomic mass is 16.4. The lowest BCUT2D eigenvalue weighted by molar-refractivity contribution is -0.143. The summed E-state index contributed by atoms with van der Waals surface area (Å²) in [4.78, 5) is 302. The highest BCUT2D eigenvalue weighted by Crippen LogP contribution is 2.23. The summed E-state index contributed by atoms with van der Waals surface area (Å²) in [7, 11) is 0. The molecular formula is C81H129N24O25. The van der Waals surface area contributed by atoms with Crippen LogP contribution in [0.25, 0.3) is 10.9 Å². The van der Waals surface area contributed by atoms with Gasteiger partial charge in [0.15, 0.2) is 0 Å². The molecule has 0 aliphatic carbocycles. The average Bonchev–Trinajstić information content (AvgIpc) is 1.65. The fraction of sp³-hybridized carbons (Fsp3) is 0.630. The summed E-state index contributed by atoms with van der Waals surface area (Å²) in [5.41, 5.74) is 51.6. The van der Waals surface area contributed by atoms with E-state index in [1.807, 2.05) is 0 Å². The van der Waals surface area contributed by atoms with Gasteiger partial charge in [-0.1, -0.05) is 52.3 Å². The summed E-state index contributed by atoms with van der Waals surface area (Å²) in [5, 5.41) is 62.1. The molecule has 1 aliphatic heterocycles. The molecule has 130 heavy (non-hydrogen) atoms. The number of fused-ring (bicyclic) bond motifs is 1. The van der Waals surface area contributed by atoms with Crippen molar-refractivity contribution >= 4 is 141 Å². The maximum Gasteiger partial charge on any atom is 0.305 e. The van der Waals surface area contributed by atoms with Crippen LogP contribution in [-0.4, -0.2) is 279 Å². The smallest absolute Gasteiger partial charge is 0.305 e. The normalized spacial score (nSPS) is 16.1. The van der Waals surface area contributed by atoms with Crippen molar-refractivity contribution in [2.24, 2.45) is 63.4 Å². The first-order chi connectivity index (χ1) is 61.3. The fourth-order valence-corrected chi connectivity index (χ4v) is 13.8. The van der Waals surface area contributed by atoms with E-state index in [0.29, 0.717) is 35.7 Å². The minimum Gasteiger partial charge on any atom is -0.481 e. The van der Waals surface area contributed by atoms with Crippen molar-refractivity contribution in [3.05, 3.63) is 36.0 Å².